The highest BCUT2D eigenvalue weighted by molar-refractivity contribution is 6.02. The molecule has 1 aromatic heterocycles. The number of aromatic nitrogens is 2. The van der Waals surface area contributed by atoms with Crippen LogP contribution in [-0.2, 0) is 0 Å². The smallest absolute Gasteiger partial charge is 0.276 e. The van der Waals surface area contributed by atoms with Gasteiger partial charge in [-0.15, -0.1) is 10.2 Å². The molecule has 1 saturated heterocycles. The minimum Gasteiger partial charge on any atom is -0.508 e. The SMILES string of the molecule is COc1ccc(NC(=O)c2ccc(N3CCN(C(=O)c4ccccc4C#Cc4cccc(O)c4)CC3)nn2)cc1. The zero-order chi connectivity index (χ0) is 27.9. The molecule has 2 heterocycles. The van der Waals surface area contributed by atoms with Gasteiger partial charge in [0, 0.05) is 43.0 Å². The van der Waals surface area contributed by atoms with Crippen LogP contribution in [0.2, 0.25) is 0 Å². The quantitative estimate of drug-likeness (QED) is 0.376. The maximum Gasteiger partial charge on any atom is 0.276 e. The average molecular weight is 534 g/mol. The van der Waals surface area contributed by atoms with E-state index in [1.165, 1.54) is 0 Å². The number of amides is 2. The van der Waals surface area contributed by atoms with Crippen LogP contribution in [0.5, 0.6) is 11.5 Å². The second-order valence-electron chi connectivity index (χ2n) is 9.08. The van der Waals surface area contributed by atoms with Gasteiger partial charge in [0.1, 0.15) is 11.5 Å². The van der Waals surface area contributed by atoms with Crippen LogP contribution < -0.4 is 15.0 Å². The first-order valence-electron chi connectivity index (χ1n) is 12.7. The molecule has 0 radical (unpaired) electrons. The first-order valence-corrected chi connectivity index (χ1v) is 12.7. The van der Waals surface area contributed by atoms with Crippen LogP contribution in [0.4, 0.5) is 11.5 Å². The molecule has 9 nitrogen and oxygen atoms in total. The summed E-state index contributed by atoms with van der Waals surface area (Å²) in [6, 6.07) is 24.4. The predicted molar refractivity (Wildman–Crippen MR) is 152 cm³/mol. The second kappa shape index (κ2) is 12.0. The fraction of sp³-hybridized carbons (Fsp3) is 0.161. The van der Waals surface area contributed by atoms with Crippen LogP contribution in [0.3, 0.4) is 0 Å². The standard InChI is InChI=1S/C31H27N5O4/c1-40-26-13-11-24(12-14-26)32-30(38)28-15-16-29(34-33-28)35-17-19-36(20-18-35)31(39)27-8-3-2-6-23(27)10-9-22-5-4-7-25(37)21-22/h2-8,11-16,21,37H,17-20H2,1H3,(H,32,38). The van der Waals surface area contributed by atoms with Gasteiger partial charge < -0.3 is 25.0 Å². The second-order valence-corrected chi connectivity index (χ2v) is 9.08. The first-order chi connectivity index (χ1) is 19.5. The van der Waals surface area contributed by atoms with Gasteiger partial charge in [-0.25, -0.2) is 0 Å². The van der Waals surface area contributed by atoms with Gasteiger partial charge in [-0.3, -0.25) is 9.59 Å². The number of benzene rings is 3. The molecule has 0 aliphatic carbocycles. The van der Waals surface area contributed by atoms with Crippen molar-refractivity contribution in [2.45, 2.75) is 0 Å². The number of nitrogens with zero attached hydrogens (tertiary/aromatic N) is 4. The normalized spacial score (nSPS) is 12.7. The van der Waals surface area contributed by atoms with Crippen LogP contribution >= 0.6 is 0 Å². The third-order valence-electron chi connectivity index (χ3n) is 6.47. The summed E-state index contributed by atoms with van der Waals surface area (Å²) in [6.45, 7) is 2.17. The monoisotopic (exact) mass is 533 g/mol. The molecule has 1 fully saturated rings. The van der Waals surface area contributed by atoms with E-state index in [9.17, 15) is 14.7 Å². The number of aromatic hydroxyl groups is 1. The number of nitrogens with one attached hydrogen (secondary N) is 1. The summed E-state index contributed by atoms with van der Waals surface area (Å²) in [5.41, 5.74) is 2.67. The topological polar surface area (TPSA) is 108 Å². The van der Waals surface area contributed by atoms with Gasteiger partial charge in [0.2, 0.25) is 0 Å². The summed E-state index contributed by atoms with van der Waals surface area (Å²) >= 11 is 0. The Hall–Kier alpha value is -5.36. The fourth-order valence-electron chi connectivity index (χ4n) is 4.30. The van der Waals surface area contributed by atoms with Gasteiger partial charge in [-0.05, 0) is 66.7 Å². The summed E-state index contributed by atoms with van der Waals surface area (Å²) in [6.07, 6.45) is 0. The fourth-order valence-corrected chi connectivity index (χ4v) is 4.30. The Kier molecular flexibility index (Phi) is 7.88. The number of rotatable bonds is 5. The van der Waals surface area contributed by atoms with E-state index in [0.29, 0.717) is 60.1 Å². The van der Waals surface area contributed by atoms with Crippen LogP contribution in [0.25, 0.3) is 0 Å². The molecule has 0 unspecified atom stereocenters. The number of phenols is 1. The number of piperazine rings is 1. The molecule has 0 saturated carbocycles. The molecule has 2 N–H and O–H groups in total. The number of anilines is 2. The van der Waals surface area contributed by atoms with E-state index in [1.54, 1.807) is 78.7 Å². The van der Waals surface area contributed by atoms with Crippen molar-refractivity contribution in [3.8, 4) is 23.3 Å². The lowest BCUT2D eigenvalue weighted by atomic mass is 10.1. The Morgan fingerprint density at radius 1 is 0.875 bits per heavy atom. The molecular weight excluding hydrogens is 506 g/mol. The molecule has 9 heteroatoms. The minimum absolute atomic E-state index is 0.0860. The molecular formula is C31H27N5O4. The van der Waals surface area contributed by atoms with Crippen LogP contribution in [0.1, 0.15) is 32.0 Å². The number of ether oxygens (including phenoxy) is 1. The highest BCUT2D eigenvalue weighted by Crippen LogP contribution is 2.19. The van der Waals surface area contributed by atoms with Crippen molar-refractivity contribution in [3.63, 3.8) is 0 Å². The lowest BCUT2D eigenvalue weighted by Gasteiger charge is -2.35. The summed E-state index contributed by atoms with van der Waals surface area (Å²) in [4.78, 5) is 29.7. The maximum atomic E-state index is 13.4. The number of hydrogen-bond acceptors (Lipinski definition) is 7. The van der Waals surface area contributed by atoms with Crippen molar-refractivity contribution >= 4 is 23.3 Å². The van der Waals surface area contributed by atoms with E-state index in [1.807, 2.05) is 23.1 Å². The van der Waals surface area contributed by atoms with Crippen LogP contribution in [0, 0.1) is 11.8 Å². The average Bonchev–Trinajstić information content (AvgIpc) is 3.00. The minimum atomic E-state index is -0.356. The highest BCUT2D eigenvalue weighted by atomic mass is 16.5. The van der Waals surface area contributed by atoms with E-state index in [2.05, 4.69) is 27.4 Å². The summed E-state index contributed by atoms with van der Waals surface area (Å²) in [5.74, 6) is 7.14. The summed E-state index contributed by atoms with van der Waals surface area (Å²) in [7, 11) is 1.58. The summed E-state index contributed by atoms with van der Waals surface area (Å²) in [5, 5.41) is 20.8. The Balaban J connectivity index is 1.19. The number of methoxy groups -OCH3 is 1. The molecule has 3 aromatic carbocycles. The lowest BCUT2D eigenvalue weighted by molar-refractivity contribution is 0.0746. The molecule has 1 aliphatic rings. The van der Waals surface area contributed by atoms with Crippen molar-refractivity contribution in [1.29, 1.82) is 0 Å². The maximum absolute atomic E-state index is 13.4. The van der Waals surface area contributed by atoms with E-state index in [0.717, 1.165) is 0 Å². The Morgan fingerprint density at radius 3 is 2.35 bits per heavy atom. The van der Waals surface area contributed by atoms with Crippen molar-refractivity contribution in [2.24, 2.45) is 0 Å². The molecule has 5 rings (SSSR count). The number of carbonyl (C=O) groups is 2. The largest absolute Gasteiger partial charge is 0.508 e. The molecule has 4 aromatic rings. The van der Waals surface area contributed by atoms with Crippen molar-refractivity contribution in [3.05, 3.63) is 107 Å². The number of phenolic OH excluding ortho intramolecular Hbond substituents is 1. The van der Waals surface area contributed by atoms with Gasteiger partial charge in [0.15, 0.2) is 11.5 Å². The summed E-state index contributed by atoms with van der Waals surface area (Å²) < 4.78 is 5.13. The molecule has 2 amide bonds. The van der Waals surface area contributed by atoms with Gasteiger partial charge in [-0.2, -0.15) is 0 Å². The third-order valence-corrected chi connectivity index (χ3v) is 6.47. The van der Waals surface area contributed by atoms with Gasteiger partial charge in [0.25, 0.3) is 11.8 Å². The number of carbonyl (C=O) groups excluding carboxylic acids is 2. The van der Waals surface area contributed by atoms with Gasteiger partial charge in [-0.1, -0.05) is 30.0 Å². The number of hydrogen-bond donors (Lipinski definition) is 2. The molecule has 1 aliphatic heterocycles. The third kappa shape index (κ3) is 6.19. The zero-order valence-electron chi connectivity index (χ0n) is 21.9. The Morgan fingerprint density at radius 2 is 1.65 bits per heavy atom. The lowest BCUT2D eigenvalue weighted by Crippen LogP contribution is -2.49. The van der Waals surface area contributed by atoms with Crippen molar-refractivity contribution in [2.75, 3.05) is 43.5 Å². The van der Waals surface area contributed by atoms with E-state index in [-0.39, 0.29) is 23.3 Å². The van der Waals surface area contributed by atoms with E-state index < -0.39 is 0 Å². The van der Waals surface area contributed by atoms with Crippen molar-refractivity contribution in [1.82, 2.24) is 15.1 Å². The van der Waals surface area contributed by atoms with Gasteiger partial charge in [0.05, 0.1) is 12.7 Å². The van der Waals surface area contributed by atoms with Gasteiger partial charge >= 0.3 is 0 Å². The predicted octanol–water partition coefficient (Wildman–Crippen LogP) is 3.81. The molecule has 0 bridgehead atoms. The van der Waals surface area contributed by atoms with E-state index in [4.69, 9.17) is 4.74 Å². The molecule has 0 atom stereocenters. The Labute approximate surface area is 232 Å². The highest BCUT2D eigenvalue weighted by Gasteiger charge is 2.24. The van der Waals surface area contributed by atoms with E-state index >= 15 is 0 Å². The zero-order valence-corrected chi connectivity index (χ0v) is 21.9. The Bertz CT molecular complexity index is 1570. The first kappa shape index (κ1) is 26.3. The van der Waals surface area contributed by atoms with Crippen LogP contribution in [-0.4, -0.2) is 65.3 Å². The van der Waals surface area contributed by atoms with Crippen LogP contribution in [0.15, 0.2) is 84.9 Å². The molecule has 0 spiro atoms. The van der Waals surface area contributed by atoms with Crippen molar-refractivity contribution < 1.29 is 19.4 Å². The molecule has 200 valence electrons. The molecule has 40 heavy (non-hydrogen) atoms.